The van der Waals surface area contributed by atoms with Gasteiger partial charge in [-0.25, -0.2) is 9.56 Å². The molecule has 2 aromatic carbocycles. The second-order valence-electron chi connectivity index (χ2n) is 6.36. The van der Waals surface area contributed by atoms with E-state index in [0.717, 1.165) is 25.5 Å². The van der Waals surface area contributed by atoms with Crippen LogP contribution < -0.4 is 9.47 Å². The van der Waals surface area contributed by atoms with E-state index in [-0.39, 0.29) is 0 Å². The molecule has 0 unspecified atom stereocenters. The minimum atomic E-state index is 0.905. The van der Waals surface area contributed by atoms with Crippen LogP contribution in [0.5, 0.6) is 0 Å². The topological polar surface area (TPSA) is 24.4 Å². The molecule has 2 aliphatic heterocycles. The smallest absolute Gasteiger partial charge is 0.291 e. The molecule has 0 saturated carbocycles. The zero-order valence-corrected chi connectivity index (χ0v) is 13.5. The molecule has 0 radical (unpaired) electrons. The molecule has 0 N–H and O–H groups in total. The van der Waals surface area contributed by atoms with Gasteiger partial charge >= 0.3 is 5.96 Å². The molecule has 0 saturated heterocycles. The van der Waals surface area contributed by atoms with Crippen molar-refractivity contribution >= 4 is 22.7 Å². The van der Waals surface area contributed by atoms with Crippen molar-refractivity contribution < 1.29 is 4.57 Å². The average molecular weight is 303 g/mol. The predicted molar refractivity (Wildman–Crippen MR) is 93.0 cm³/mol. The Kier molecular flexibility index (Phi) is 2.49. The van der Waals surface area contributed by atoms with Crippen molar-refractivity contribution in [2.45, 2.75) is 13.3 Å². The highest BCUT2D eigenvalue weighted by Crippen LogP contribution is 2.39. The summed E-state index contributed by atoms with van der Waals surface area (Å²) in [5.41, 5.74) is 6.39. The summed E-state index contributed by atoms with van der Waals surface area (Å²) in [7, 11) is 2.16. The normalized spacial score (nSPS) is 15.9. The minimum Gasteiger partial charge on any atom is -0.291 e. The van der Waals surface area contributed by atoms with Crippen LogP contribution in [0.1, 0.15) is 12.0 Å². The third-order valence-electron chi connectivity index (χ3n) is 5.01. The number of anilines is 1. The van der Waals surface area contributed by atoms with E-state index in [1.807, 2.05) is 0 Å². The number of para-hydroxylation sites is 2. The summed E-state index contributed by atoms with van der Waals surface area (Å²) < 4.78 is 4.64. The van der Waals surface area contributed by atoms with Crippen molar-refractivity contribution in [1.29, 1.82) is 0 Å². The maximum absolute atomic E-state index is 4.88. The summed E-state index contributed by atoms with van der Waals surface area (Å²) in [5.74, 6) is 2.30. The summed E-state index contributed by atoms with van der Waals surface area (Å²) in [4.78, 5) is 7.26. The van der Waals surface area contributed by atoms with Gasteiger partial charge < -0.3 is 0 Å². The summed E-state index contributed by atoms with van der Waals surface area (Å²) in [6.07, 6.45) is 1.11. The number of benzene rings is 2. The Balaban J connectivity index is 2.00. The number of hydrogen-bond donors (Lipinski definition) is 0. The zero-order chi connectivity index (χ0) is 15.6. The Morgan fingerprint density at radius 1 is 1.09 bits per heavy atom. The van der Waals surface area contributed by atoms with Crippen molar-refractivity contribution in [2.75, 3.05) is 18.0 Å². The SMILES string of the molecule is Cc1cccc2c1-c1n(c3ccccc3[n+]1C)C1=NCCCN12. The van der Waals surface area contributed by atoms with Gasteiger partial charge in [-0.2, -0.15) is 4.57 Å². The van der Waals surface area contributed by atoms with E-state index < -0.39 is 0 Å². The van der Waals surface area contributed by atoms with E-state index in [4.69, 9.17) is 4.99 Å². The zero-order valence-electron chi connectivity index (χ0n) is 13.5. The summed E-state index contributed by atoms with van der Waals surface area (Å²) in [6, 6.07) is 15.2. The van der Waals surface area contributed by atoms with Crippen LogP contribution in [0.25, 0.3) is 22.4 Å². The number of rotatable bonds is 0. The van der Waals surface area contributed by atoms with Crippen LogP contribution in [0.15, 0.2) is 47.5 Å². The molecule has 0 bridgehead atoms. The van der Waals surface area contributed by atoms with Crippen molar-refractivity contribution in [2.24, 2.45) is 12.0 Å². The molecule has 2 aliphatic rings. The van der Waals surface area contributed by atoms with Gasteiger partial charge in [-0.15, -0.1) is 0 Å². The maximum Gasteiger partial charge on any atom is 0.302 e. The lowest BCUT2D eigenvalue weighted by Gasteiger charge is -2.32. The van der Waals surface area contributed by atoms with E-state index in [1.165, 1.54) is 33.7 Å². The Hall–Kier alpha value is -2.62. The maximum atomic E-state index is 4.88. The second-order valence-corrected chi connectivity index (χ2v) is 6.36. The van der Waals surface area contributed by atoms with Crippen LogP contribution in [0, 0.1) is 6.92 Å². The van der Waals surface area contributed by atoms with Crippen LogP contribution in [-0.4, -0.2) is 23.6 Å². The molecule has 114 valence electrons. The van der Waals surface area contributed by atoms with Crippen LogP contribution in [0.2, 0.25) is 0 Å². The molecular weight excluding hydrogens is 284 g/mol. The summed E-state index contributed by atoms with van der Waals surface area (Å²) in [6.45, 7) is 4.14. The Bertz CT molecular complexity index is 980. The first-order chi connectivity index (χ1) is 11.3. The van der Waals surface area contributed by atoms with E-state index in [1.54, 1.807) is 0 Å². The highest BCUT2D eigenvalue weighted by atomic mass is 15.4. The molecule has 0 fully saturated rings. The molecule has 3 aromatic rings. The van der Waals surface area contributed by atoms with Gasteiger partial charge in [0.25, 0.3) is 5.82 Å². The quantitative estimate of drug-likeness (QED) is 0.586. The van der Waals surface area contributed by atoms with E-state index in [2.05, 4.69) is 70.5 Å². The number of nitrogens with zero attached hydrogens (tertiary/aromatic N) is 4. The van der Waals surface area contributed by atoms with E-state index in [9.17, 15) is 0 Å². The van der Waals surface area contributed by atoms with Gasteiger partial charge in [0.05, 0.1) is 18.3 Å². The lowest BCUT2D eigenvalue weighted by atomic mass is 10.0. The fourth-order valence-corrected chi connectivity index (χ4v) is 3.98. The fourth-order valence-electron chi connectivity index (χ4n) is 3.98. The van der Waals surface area contributed by atoms with Gasteiger partial charge in [0.15, 0.2) is 11.0 Å². The monoisotopic (exact) mass is 303 g/mol. The molecular formula is C19H19N4+. The van der Waals surface area contributed by atoms with Gasteiger partial charge in [-0.3, -0.25) is 4.90 Å². The molecule has 3 heterocycles. The van der Waals surface area contributed by atoms with Crippen LogP contribution in [0.3, 0.4) is 0 Å². The second kappa shape index (κ2) is 4.44. The first-order valence-electron chi connectivity index (χ1n) is 8.19. The van der Waals surface area contributed by atoms with Gasteiger partial charge in [-0.05, 0) is 37.1 Å². The number of aryl methyl sites for hydroxylation is 2. The van der Waals surface area contributed by atoms with Crippen LogP contribution in [-0.2, 0) is 7.05 Å². The molecule has 0 aliphatic carbocycles. The number of aromatic nitrogens is 2. The average Bonchev–Trinajstić information content (AvgIpc) is 2.89. The number of fused-ring (bicyclic) bond motifs is 8. The Labute approximate surface area is 135 Å². The van der Waals surface area contributed by atoms with Gasteiger partial charge in [0.2, 0.25) is 0 Å². The van der Waals surface area contributed by atoms with Gasteiger partial charge in [-0.1, -0.05) is 24.3 Å². The minimum absolute atomic E-state index is 0.905. The molecule has 0 atom stereocenters. The molecule has 4 heteroatoms. The molecule has 1 aromatic heterocycles. The predicted octanol–water partition coefficient (Wildman–Crippen LogP) is 2.87. The lowest BCUT2D eigenvalue weighted by molar-refractivity contribution is -0.633. The highest BCUT2D eigenvalue weighted by Gasteiger charge is 2.40. The van der Waals surface area contributed by atoms with E-state index in [0.29, 0.717) is 0 Å². The first-order valence-corrected chi connectivity index (χ1v) is 8.19. The van der Waals surface area contributed by atoms with Crippen molar-refractivity contribution in [1.82, 2.24) is 4.57 Å². The third kappa shape index (κ3) is 1.55. The van der Waals surface area contributed by atoms with E-state index >= 15 is 0 Å². The lowest BCUT2D eigenvalue weighted by Crippen LogP contribution is -2.45. The van der Waals surface area contributed by atoms with Crippen LogP contribution >= 0.6 is 0 Å². The number of hydrogen-bond acceptors (Lipinski definition) is 2. The molecule has 0 amide bonds. The Morgan fingerprint density at radius 2 is 1.96 bits per heavy atom. The van der Waals surface area contributed by atoms with Gasteiger partial charge in [0.1, 0.15) is 0 Å². The summed E-state index contributed by atoms with van der Waals surface area (Å²) in [5, 5.41) is 0. The molecule has 0 spiro atoms. The summed E-state index contributed by atoms with van der Waals surface area (Å²) >= 11 is 0. The van der Waals surface area contributed by atoms with Crippen molar-refractivity contribution in [3.63, 3.8) is 0 Å². The van der Waals surface area contributed by atoms with Crippen molar-refractivity contribution in [3.8, 4) is 11.4 Å². The number of aliphatic imine (C=N–C) groups is 1. The largest absolute Gasteiger partial charge is 0.302 e. The third-order valence-corrected chi connectivity index (χ3v) is 5.01. The number of imidazole rings is 1. The van der Waals surface area contributed by atoms with Crippen molar-refractivity contribution in [3.05, 3.63) is 48.0 Å². The standard InChI is InChI=1S/C19H19N4/c1-13-7-5-10-16-17(13)18-21(2)14-8-3-4-9-15(14)23(18)19-20-11-6-12-22(16)19/h3-5,7-10H,6,11-12H2,1-2H3/q+1. The highest BCUT2D eigenvalue weighted by molar-refractivity contribution is 6.10. The molecule has 4 nitrogen and oxygen atoms in total. The fraction of sp³-hybridized carbons (Fsp3) is 0.263. The van der Waals surface area contributed by atoms with Gasteiger partial charge in [0, 0.05) is 13.1 Å². The first kappa shape index (κ1) is 12.9. The molecule has 5 rings (SSSR count). The Morgan fingerprint density at radius 3 is 2.87 bits per heavy atom. The van der Waals surface area contributed by atoms with Crippen LogP contribution in [0.4, 0.5) is 5.69 Å². The molecule has 23 heavy (non-hydrogen) atoms.